The summed E-state index contributed by atoms with van der Waals surface area (Å²) in [5.74, 6) is -2.33. The van der Waals surface area contributed by atoms with E-state index in [0.717, 1.165) is 5.39 Å². The smallest absolute Gasteiger partial charge is 0.338 e. The van der Waals surface area contributed by atoms with Crippen molar-refractivity contribution in [2.45, 2.75) is 52.1 Å². The molecule has 0 aliphatic carbocycles. The SMILES string of the molecule is COc1cccc2[nH]c(C(=O)N[C@@H](CC(C)C)C(=O)N[C@@H](C[C@@H]3CCNC3=O)C(=O)COC(=O)c3ccccc3C)cc12. The first-order valence-corrected chi connectivity index (χ1v) is 14.4. The van der Waals surface area contributed by atoms with Crippen molar-refractivity contribution in [3.8, 4) is 5.75 Å². The van der Waals surface area contributed by atoms with Crippen LogP contribution in [0.4, 0.5) is 0 Å². The van der Waals surface area contributed by atoms with Gasteiger partial charge in [-0.05, 0) is 61.9 Å². The molecule has 0 spiro atoms. The average Bonchev–Trinajstić information content (AvgIpc) is 3.60. The predicted molar refractivity (Wildman–Crippen MR) is 160 cm³/mol. The van der Waals surface area contributed by atoms with Crippen molar-refractivity contribution in [2.75, 3.05) is 20.3 Å². The number of esters is 1. The number of hydrogen-bond acceptors (Lipinski definition) is 7. The van der Waals surface area contributed by atoms with E-state index in [1.165, 1.54) is 0 Å². The number of hydrogen-bond donors (Lipinski definition) is 4. The van der Waals surface area contributed by atoms with Gasteiger partial charge in [-0.2, -0.15) is 0 Å². The minimum atomic E-state index is -1.10. The molecule has 11 nitrogen and oxygen atoms in total. The number of benzene rings is 2. The minimum absolute atomic E-state index is 0.0312. The summed E-state index contributed by atoms with van der Waals surface area (Å²) in [5.41, 5.74) is 1.99. The lowest BCUT2D eigenvalue weighted by Gasteiger charge is -2.25. The zero-order valence-electron chi connectivity index (χ0n) is 24.8. The van der Waals surface area contributed by atoms with Crippen LogP contribution >= 0.6 is 0 Å². The van der Waals surface area contributed by atoms with Gasteiger partial charge in [-0.25, -0.2) is 4.79 Å². The van der Waals surface area contributed by atoms with E-state index >= 15 is 0 Å². The molecular formula is C32H38N4O7. The minimum Gasteiger partial charge on any atom is -0.496 e. The predicted octanol–water partition coefficient (Wildman–Crippen LogP) is 3.07. The lowest BCUT2D eigenvalue weighted by Crippen LogP contribution is -2.53. The number of Topliss-reactive ketones (excluding diaryl/α,β-unsaturated/α-hetero) is 1. The molecule has 3 atom stereocenters. The highest BCUT2D eigenvalue weighted by molar-refractivity contribution is 6.02. The van der Waals surface area contributed by atoms with Crippen LogP contribution in [0.3, 0.4) is 0 Å². The van der Waals surface area contributed by atoms with Gasteiger partial charge in [-0.3, -0.25) is 19.2 Å². The number of H-pyrrole nitrogens is 1. The van der Waals surface area contributed by atoms with Crippen molar-refractivity contribution in [3.05, 3.63) is 65.4 Å². The zero-order valence-corrected chi connectivity index (χ0v) is 24.8. The summed E-state index contributed by atoms with van der Waals surface area (Å²) in [4.78, 5) is 68.1. The Morgan fingerprint density at radius 1 is 1.02 bits per heavy atom. The molecule has 1 aliphatic rings. The Hall–Kier alpha value is -4.67. The summed E-state index contributed by atoms with van der Waals surface area (Å²) in [7, 11) is 1.54. The number of ketones is 1. The van der Waals surface area contributed by atoms with Crippen LogP contribution in [0.2, 0.25) is 0 Å². The van der Waals surface area contributed by atoms with Crippen molar-refractivity contribution in [1.29, 1.82) is 0 Å². The van der Waals surface area contributed by atoms with Crippen LogP contribution in [0.1, 0.15) is 59.5 Å². The molecule has 1 aliphatic heterocycles. The fourth-order valence-corrected chi connectivity index (χ4v) is 5.18. The van der Waals surface area contributed by atoms with Crippen LogP contribution in [0.25, 0.3) is 10.9 Å². The Morgan fingerprint density at radius 3 is 2.47 bits per heavy atom. The molecular weight excluding hydrogens is 552 g/mol. The van der Waals surface area contributed by atoms with Gasteiger partial charge in [0.15, 0.2) is 12.4 Å². The number of carbonyl (C=O) groups is 5. The number of aromatic amines is 1. The first-order valence-electron chi connectivity index (χ1n) is 14.4. The number of aryl methyl sites for hydroxylation is 1. The second-order valence-electron chi connectivity index (χ2n) is 11.2. The van der Waals surface area contributed by atoms with E-state index in [9.17, 15) is 24.0 Å². The molecule has 0 unspecified atom stereocenters. The number of nitrogens with one attached hydrogen (secondary N) is 4. The van der Waals surface area contributed by atoms with E-state index in [0.29, 0.717) is 41.8 Å². The second-order valence-corrected chi connectivity index (χ2v) is 11.2. The van der Waals surface area contributed by atoms with E-state index in [2.05, 4.69) is 20.9 Å². The van der Waals surface area contributed by atoms with Gasteiger partial charge in [0.1, 0.15) is 17.5 Å². The summed E-state index contributed by atoms with van der Waals surface area (Å²) in [5, 5.41) is 8.99. The number of carbonyl (C=O) groups excluding carboxylic acids is 5. The monoisotopic (exact) mass is 590 g/mol. The molecule has 0 bridgehead atoms. The Bertz CT molecular complexity index is 1510. The topological polar surface area (TPSA) is 156 Å². The number of aromatic nitrogens is 1. The van der Waals surface area contributed by atoms with Crippen molar-refractivity contribution in [1.82, 2.24) is 20.9 Å². The molecule has 228 valence electrons. The van der Waals surface area contributed by atoms with Gasteiger partial charge in [0, 0.05) is 23.4 Å². The van der Waals surface area contributed by atoms with E-state index in [1.54, 1.807) is 56.5 Å². The fraction of sp³-hybridized carbons (Fsp3) is 0.406. The largest absolute Gasteiger partial charge is 0.496 e. The number of ether oxygens (including phenoxy) is 2. The third-order valence-electron chi connectivity index (χ3n) is 7.52. The fourth-order valence-electron chi connectivity index (χ4n) is 5.18. The number of methoxy groups -OCH3 is 1. The molecule has 2 aromatic carbocycles. The lowest BCUT2D eigenvalue weighted by atomic mass is 9.95. The Kier molecular flexibility index (Phi) is 10.2. The van der Waals surface area contributed by atoms with Crippen LogP contribution in [0, 0.1) is 18.8 Å². The molecule has 1 aromatic heterocycles. The Balaban J connectivity index is 1.49. The number of fused-ring (bicyclic) bond motifs is 1. The molecule has 0 radical (unpaired) electrons. The molecule has 4 N–H and O–H groups in total. The molecule has 43 heavy (non-hydrogen) atoms. The van der Waals surface area contributed by atoms with Gasteiger partial charge in [-0.15, -0.1) is 0 Å². The summed E-state index contributed by atoms with van der Waals surface area (Å²) >= 11 is 0. The molecule has 11 heteroatoms. The van der Waals surface area contributed by atoms with Crippen LogP contribution in [-0.2, 0) is 19.1 Å². The van der Waals surface area contributed by atoms with E-state index in [4.69, 9.17) is 9.47 Å². The van der Waals surface area contributed by atoms with Gasteiger partial charge in [0.25, 0.3) is 5.91 Å². The van der Waals surface area contributed by atoms with E-state index in [-0.39, 0.29) is 23.9 Å². The van der Waals surface area contributed by atoms with E-state index < -0.39 is 48.2 Å². The molecule has 1 fully saturated rings. The van der Waals surface area contributed by atoms with Gasteiger partial charge in [0.05, 0.1) is 18.7 Å². The molecule has 4 rings (SSSR count). The zero-order chi connectivity index (χ0) is 31.1. The van der Waals surface area contributed by atoms with Crippen LogP contribution in [-0.4, -0.2) is 66.8 Å². The highest BCUT2D eigenvalue weighted by atomic mass is 16.5. The maximum absolute atomic E-state index is 13.6. The Labute approximate surface area is 250 Å². The summed E-state index contributed by atoms with van der Waals surface area (Å²) in [6, 6.07) is 11.8. The first-order chi connectivity index (χ1) is 20.6. The Morgan fingerprint density at radius 2 is 1.79 bits per heavy atom. The summed E-state index contributed by atoms with van der Waals surface area (Å²) in [6.07, 6.45) is 0.855. The van der Waals surface area contributed by atoms with Crippen LogP contribution in [0.5, 0.6) is 5.75 Å². The second kappa shape index (κ2) is 14.0. The van der Waals surface area contributed by atoms with E-state index in [1.807, 2.05) is 19.9 Å². The maximum atomic E-state index is 13.6. The maximum Gasteiger partial charge on any atom is 0.338 e. The molecule has 3 aromatic rings. The summed E-state index contributed by atoms with van der Waals surface area (Å²) in [6.45, 7) is 5.48. The summed E-state index contributed by atoms with van der Waals surface area (Å²) < 4.78 is 10.7. The van der Waals surface area contributed by atoms with Crippen molar-refractivity contribution >= 4 is 40.4 Å². The third kappa shape index (κ3) is 7.79. The normalized spacial score (nSPS) is 15.9. The van der Waals surface area contributed by atoms with Crippen LogP contribution < -0.4 is 20.7 Å². The highest BCUT2D eigenvalue weighted by Crippen LogP contribution is 2.26. The molecule has 2 heterocycles. The average molecular weight is 591 g/mol. The number of rotatable bonds is 13. The van der Waals surface area contributed by atoms with Crippen molar-refractivity contribution < 1.29 is 33.4 Å². The van der Waals surface area contributed by atoms with Gasteiger partial charge < -0.3 is 30.4 Å². The van der Waals surface area contributed by atoms with Gasteiger partial charge >= 0.3 is 5.97 Å². The third-order valence-corrected chi connectivity index (χ3v) is 7.52. The van der Waals surface area contributed by atoms with Crippen molar-refractivity contribution in [3.63, 3.8) is 0 Å². The first kappa shape index (κ1) is 31.3. The molecule has 1 saturated heterocycles. The standard InChI is InChI=1S/C32H38N4O7/c1-18(2)14-25(36-31(40)26-16-22-23(34-26)10-7-11-28(22)42-4)30(39)35-24(15-20-12-13-33-29(20)38)27(37)17-43-32(41)21-9-6-5-8-19(21)3/h5-11,16,18,20,24-25,34H,12-15,17H2,1-4H3,(H,33,38)(H,35,39)(H,36,40)/t20-,24-,25-/m0/s1. The quantitative estimate of drug-likeness (QED) is 0.223. The van der Waals surface area contributed by atoms with Crippen LogP contribution in [0.15, 0.2) is 48.5 Å². The van der Waals surface area contributed by atoms with Gasteiger partial charge in [-0.1, -0.05) is 38.1 Å². The highest BCUT2D eigenvalue weighted by Gasteiger charge is 2.34. The molecule has 0 saturated carbocycles. The number of amides is 3. The lowest BCUT2D eigenvalue weighted by molar-refractivity contribution is -0.131. The van der Waals surface area contributed by atoms with Gasteiger partial charge in [0.2, 0.25) is 11.8 Å². The molecule has 3 amide bonds. The van der Waals surface area contributed by atoms with Crippen molar-refractivity contribution in [2.24, 2.45) is 11.8 Å².